The average molecular weight is 791 g/mol. The van der Waals surface area contributed by atoms with Crippen molar-refractivity contribution in [2.45, 2.75) is 76.5 Å². The molecule has 0 amide bonds. The van der Waals surface area contributed by atoms with Gasteiger partial charge in [-0.15, -0.1) is 0 Å². The number of carbonyl (C=O) groups excluding carboxylic acids is 1. The maximum Gasteiger partial charge on any atom is 1.00 e. The number of ether oxygens (including phenoxy) is 3. The molecule has 0 radical (unpaired) electrons. The minimum atomic E-state index is -2.10. The Bertz CT molecular complexity index is 1980. The normalized spacial score (nSPS) is 25.6. The van der Waals surface area contributed by atoms with Crippen molar-refractivity contribution >= 4 is 5.97 Å². The molecule has 24 nitrogen and oxygen atoms in total. The molecule has 4 heterocycles. The van der Waals surface area contributed by atoms with Gasteiger partial charge in [-0.1, -0.05) is 50.2 Å². The van der Waals surface area contributed by atoms with Gasteiger partial charge < -0.3 is 44.8 Å². The van der Waals surface area contributed by atoms with Crippen molar-refractivity contribution in [3.05, 3.63) is 123 Å². The number of nitrogens with zero attached hydrogens (tertiary/aromatic N) is 8. The monoisotopic (exact) mass is 790 g/mol. The molecule has 2 aliphatic heterocycles. The second kappa shape index (κ2) is 24.0. The van der Waals surface area contributed by atoms with E-state index in [1.807, 2.05) is 4.98 Å². The van der Waals surface area contributed by atoms with E-state index in [1.165, 1.54) is 12.1 Å². The summed E-state index contributed by atoms with van der Waals surface area (Å²) < 4.78 is 18.0. The summed E-state index contributed by atoms with van der Waals surface area (Å²) in [5.74, 6) is -0.761. The Morgan fingerprint density at radius 3 is 1.75 bits per heavy atom. The van der Waals surface area contributed by atoms with Crippen LogP contribution in [-0.4, -0.2) is 107 Å². The van der Waals surface area contributed by atoms with E-state index >= 15 is 0 Å². The standard InChI is InChI=1S/C17H17N5O6.C9H11N5O6.CH4O.CH3O.2CH4.Na/c1-2-17(20-21-18)13(24)12(27-15(25)10-6-4-3-5-7-10)14(28-17)22-9-8-11(23)19-16(22)26;10-13-12-9(3-15)6(18)5(17)7(20-9)14-2-1-4(16)11-8(14)19;2*1-2;;;/h3-9,12-14,24H,2H2,1H3,(H,19,23,26);1-2,5-7,15,17-18H,3H2,(H,11,16,19);2H,1H3;1H3;2*1H4;/q;;;-1;;;+1/t12-,13+,14-,17-;5?,6-,7+,9+;;;;;/m10...../s1. The third kappa shape index (κ3) is 11.7. The SMILES string of the molecule is C.C.CC[C@@]1(N=[N+]=[N-])O[C@@H](n2ccc(=O)[nH]c2=O)[C@H](OC(=O)c2ccccc2)[C@@H]1O.CO.C[O-].[N-]=[N+]=N[C@]1(CO)O[C@@H](n2ccc(=O)[nH]c2=O)C(O)[C@@H]1O.[Na+]. The molecule has 0 spiro atoms. The van der Waals surface area contributed by atoms with Crippen molar-refractivity contribution in [2.24, 2.45) is 10.2 Å². The van der Waals surface area contributed by atoms with Crippen LogP contribution < -0.4 is 57.2 Å². The van der Waals surface area contributed by atoms with Crippen LogP contribution >= 0.6 is 0 Å². The Labute approximate surface area is 333 Å². The third-order valence-corrected chi connectivity index (χ3v) is 7.45. The smallest absolute Gasteiger partial charge is 0.857 e. The Hall–Kier alpha value is -4.65. The minimum Gasteiger partial charge on any atom is -0.857 e. The fourth-order valence-corrected chi connectivity index (χ4v) is 4.95. The van der Waals surface area contributed by atoms with Crippen LogP contribution in [0, 0.1) is 0 Å². The van der Waals surface area contributed by atoms with Crippen molar-refractivity contribution in [1.82, 2.24) is 19.1 Å². The van der Waals surface area contributed by atoms with Gasteiger partial charge >= 0.3 is 46.9 Å². The topological polar surface area (TPSA) is 376 Å². The maximum atomic E-state index is 12.5. The molecule has 2 fully saturated rings. The van der Waals surface area contributed by atoms with Gasteiger partial charge in [0.05, 0.1) is 12.2 Å². The molecule has 2 aliphatic rings. The van der Waals surface area contributed by atoms with Crippen molar-refractivity contribution in [2.75, 3.05) is 20.8 Å². The maximum absolute atomic E-state index is 12.5. The van der Waals surface area contributed by atoms with Crippen LogP contribution in [-0.2, 0) is 14.2 Å². The number of aromatic amines is 2. The molecule has 0 saturated carbocycles. The Balaban J connectivity index is 0. The summed E-state index contributed by atoms with van der Waals surface area (Å²) in [6, 6.07) is 10.1. The zero-order valence-corrected chi connectivity index (χ0v) is 30.6. The van der Waals surface area contributed by atoms with Gasteiger partial charge in [0.2, 0.25) is 5.72 Å². The van der Waals surface area contributed by atoms with Gasteiger partial charge in [-0.2, -0.15) is 7.11 Å². The van der Waals surface area contributed by atoms with E-state index in [-0.39, 0.29) is 56.4 Å². The molecule has 2 aromatic heterocycles. The van der Waals surface area contributed by atoms with Crippen LogP contribution in [0.15, 0.2) is 84.3 Å². The predicted molar refractivity (Wildman–Crippen MR) is 185 cm³/mol. The molecule has 7 N–H and O–H groups in total. The first kappa shape index (κ1) is 52.5. The van der Waals surface area contributed by atoms with Crippen molar-refractivity contribution in [3.63, 3.8) is 0 Å². The first-order valence-electron chi connectivity index (χ1n) is 14.7. The van der Waals surface area contributed by atoms with E-state index in [1.54, 1.807) is 25.1 Å². The predicted octanol–water partition coefficient (Wildman–Crippen LogP) is -4.28. The number of azide groups is 2. The number of carbonyl (C=O) groups is 1. The van der Waals surface area contributed by atoms with Crippen molar-refractivity contribution in [3.8, 4) is 0 Å². The molecule has 1 aromatic carbocycles. The molecule has 3 aromatic rings. The first-order chi connectivity index (χ1) is 24.9. The van der Waals surface area contributed by atoms with Gasteiger partial charge in [-0.3, -0.25) is 28.7 Å². The Kier molecular flexibility index (Phi) is 22.9. The largest absolute Gasteiger partial charge is 1.00 e. The van der Waals surface area contributed by atoms with E-state index < -0.39 is 83.4 Å². The zero-order chi connectivity index (χ0) is 39.2. The molecular weight excluding hydrogens is 747 g/mol. The molecule has 2 saturated heterocycles. The van der Waals surface area contributed by atoms with Crippen LogP contribution in [0.1, 0.15) is 51.0 Å². The van der Waals surface area contributed by atoms with Gasteiger partial charge in [-0.05, 0) is 29.6 Å². The summed E-state index contributed by atoms with van der Waals surface area (Å²) in [5.41, 5.74) is 10.7. The van der Waals surface area contributed by atoms with Crippen LogP contribution in [0.2, 0.25) is 0 Å². The number of benzene rings is 1. The van der Waals surface area contributed by atoms with Gasteiger partial charge in [-0.25, -0.2) is 14.4 Å². The Morgan fingerprint density at radius 2 is 1.31 bits per heavy atom. The molecule has 8 atom stereocenters. The fourth-order valence-electron chi connectivity index (χ4n) is 4.95. The van der Waals surface area contributed by atoms with E-state index in [4.69, 9.17) is 35.5 Å². The molecule has 298 valence electrons. The number of H-pyrrole nitrogens is 2. The van der Waals surface area contributed by atoms with E-state index in [0.29, 0.717) is 0 Å². The number of esters is 1. The van der Waals surface area contributed by atoms with Gasteiger partial charge in [0.1, 0.15) is 18.3 Å². The van der Waals surface area contributed by atoms with Gasteiger partial charge in [0, 0.05) is 41.5 Å². The number of hydrogen-bond acceptors (Lipinski definition) is 16. The van der Waals surface area contributed by atoms with E-state index in [2.05, 4.69) is 25.0 Å². The minimum absolute atomic E-state index is 0. The summed E-state index contributed by atoms with van der Waals surface area (Å²) in [6.07, 6.45) is -6.82. The summed E-state index contributed by atoms with van der Waals surface area (Å²) in [7, 11) is 1.75. The molecule has 25 heteroatoms. The molecule has 1 unspecified atom stereocenters. The first-order valence-corrected chi connectivity index (χ1v) is 14.7. The molecule has 0 bridgehead atoms. The molecule has 5 rings (SSSR count). The number of nitrogens with one attached hydrogen (secondary N) is 2. The van der Waals surface area contributed by atoms with Crippen LogP contribution in [0.5, 0.6) is 0 Å². The van der Waals surface area contributed by atoms with Crippen molar-refractivity contribution < 1.29 is 79.2 Å². The van der Waals surface area contributed by atoms with Gasteiger partial charge in [0.25, 0.3) is 11.1 Å². The van der Waals surface area contributed by atoms with Crippen LogP contribution in [0.25, 0.3) is 20.9 Å². The van der Waals surface area contributed by atoms with E-state index in [0.717, 1.165) is 47.9 Å². The van der Waals surface area contributed by atoms with Gasteiger partial charge in [0.15, 0.2) is 24.3 Å². The van der Waals surface area contributed by atoms with E-state index in [9.17, 15) is 44.4 Å². The summed E-state index contributed by atoms with van der Waals surface area (Å²) in [4.78, 5) is 67.7. The summed E-state index contributed by atoms with van der Waals surface area (Å²) in [6.45, 7) is 0.704. The molecular formula is C30H43N10NaO14. The quantitative estimate of drug-likeness (QED) is 0.0373. The number of aliphatic hydroxyl groups excluding tert-OH is 5. The third-order valence-electron chi connectivity index (χ3n) is 7.45. The van der Waals surface area contributed by atoms with Crippen molar-refractivity contribution in [1.29, 1.82) is 0 Å². The molecule has 55 heavy (non-hydrogen) atoms. The van der Waals surface area contributed by atoms with Crippen LogP contribution in [0.4, 0.5) is 0 Å². The number of hydrogen-bond donors (Lipinski definition) is 7. The Morgan fingerprint density at radius 1 is 0.855 bits per heavy atom. The molecule has 0 aliphatic carbocycles. The summed E-state index contributed by atoms with van der Waals surface area (Å²) in [5, 5.41) is 61.6. The second-order valence-electron chi connectivity index (χ2n) is 10.2. The zero-order valence-electron chi connectivity index (χ0n) is 28.6. The summed E-state index contributed by atoms with van der Waals surface area (Å²) >= 11 is 0. The average Bonchev–Trinajstić information content (AvgIpc) is 3.56. The second-order valence-corrected chi connectivity index (χ2v) is 10.2. The number of aliphatic hydroxyl groups is 5. The van der Waals surface area contributed by atoms with Crippen LogP contribution in [0.3, 0.4) is 0 Å². The number of aromatic nitrogens is 4. The fraction of sp³-hybridized carbons (Fsp3) is 0.500. The number of rotatable bonds is 8.